The zero-order valence-corrected chi connectivity index (χ0v) is 13.2. The van der Waals surface area contributed by atoms with Crippen LogP contribution in [0.15, 0.2) is 16.4 Å². The van der Waals surface area contributed by atoms with E-state index in [2.05, 4.69) is 25.5 Å². The van der Waals surface area contributed by atoms with E-state index in [9.17, 15) is 4.79 Å². The number of aryl methyl sites for hydroxylation is 1. The van der Waals surface area contributed by atoms with Gasteiger partial charge in [-0.05, 0) is 0 Å². The molecule has 0 spiro atoms. The standard InChI is InChI=1S/C13H19N7O2/c1-13(2,3)9-8(10(14)18-17-9)16-19-11-7(12(21)22-5)6-15-20(11)4/h6H,1-5H3,(H3,14,17,18)/b19-16+. The Bertz CT molecular complexity index is 721. The van der Waals surface area contributed by atoms with Crippen LogP contribution in [-0.4, -0.2) is 33.1 Å². The first-order valence-corrected chi connectivity index (χ1v) is 6.62. The van der Waals surface area contributed by atoms with E-state index in [0.717, 1.165) is 0 Å². The molecule has 22 heavy (non-hydrogen) atoms. The Labute approximate surface area is 127 Å². The van der Waals surface area contributed by atoms with Crippen molar-refractivity contribution in [1.29, 1.82) is 0 Å². The molecule has 0 aliphatic carbocycles. The number of hydrogen-bond donors (Lipinski definition) is 2. The molecule has 2 heterocycles. The first-order valence-electron chi connectivity index (χ1n) is 6.62. The van der Waals surface area contributed by atoms with Crippen molar-refractivity contribution in [2.24, 2.45) is 17.3 Å². The number of nitrogen functional groups attached to an aromatic ring is 1. The minimum atomic E-state index is -0.529. The van der Waals surface area contributed by atoms with E-state index in [4.69, 9.17) is 10.5 Å². The molecule has 0 fully saturated rings. The second kappa shape index (κ2) is 5.58. The lowest BCUT2D eigenvalue weighted by Crippen LogP contribution is -2.11. The maximum Gasteiger partial charge on any atom is 0.343 e. The third kappa shape index (κ3) is 2.83. The second-order valence-electron chi connectivity index (χ2n) is 5.78. The summed E-state index contributed by atoms with van der Waals surface area (Å²) in [5.41, 5.74) is 6.97. The van der Waals surface area contributed by atoms with Crippen molar-refractivity contribution in [3.63, 3.8) is 0 Å². The van der Waals surface area contributed by atoms with Crippen molar-refractivity contribution >= 4 is 23.3 Å². The van der Waals surface area contributed by atoms with Gasteiger partial charge in [0.2, 0.25) is 0 Å². The largest absolute Gasteiger partial charge is 0.465 e. The number of aromatic amines is 1. The lowest BCUT2D eigenvalue weighted by atomic mass is 9.91. The summed E-state index contributed by atoms with van der Waals surface area (Å²) in [4.78, 5) is 11.7. The van der Waals surface area contributed by atoms with Crippen LogP contribution >= 0.6 is 0 Å². The molecule has 0 unspecified atom stereocenters. The smallest absolute Gasteiger partial charge is 0.343 e. The van der Waals surface area contributed by atoms with Crippen molar-refractivity contribution in [3.05, 3.63) is 17.5 Å². The lowest BCUT2D eigenvalue weighted by Gasteiger charge is -2.15. The molecule has 3 N–H and O–H groups in total. The highest BCUT2D eigenvalue weighted by Crippen LogP contribution is 2.35. The summed E-state index contributed by atoms with van der Waals surface area (Å²) < 4.78 is 6.13. The SMILES string of the molecule is COC(=O)c1cnn(C)c1/N=N/c1c(C(C)(C)C)n[nH]c1N. The summed E-state index contributed by atoms with van der Waals surface area (Å²) in [6.07, 6.45) is 1.38. The van der Waals surface area contributed by atoms with Gasteiger partial charge in [0.05, 0.1) is 19.0 Å². The Hall–Kier alpha value is -2.71. The average Bonchev–Trinajstić information content (AvgIpc) is 2.99. The van der Waals surface area contributed by atoms with Gasteiger partial charge in [0.25, 0.3) is 0 Å². The van der Waals surface area contributed by atoms with E-state index < -0.39 is 5.97 Å². The van der Waals surface area contributed by atoms with Crippen molar-refractivity contribution < 1.29 is 9.53 Å². The van der Waals surface area contributed by atoms with Gasteiger partial charge in [0, 0.05) is 12.5 Å². The molecule has 0 aromatic carbocycles. The first-order chi connectivity index (χ1) is 10.3. The van der Waals surface area contributed by atoms with Crippen molar-refractivity contribution in [2.45, 2.75) is 26.2 Å². The molecular weight excluding hydrogens is 286 g/mol. The van der Waals surface area contributed by atoms with Gasteiger partial charge in [-0.3, -0.25) is 5.10 Å². The predicted octanol–water partition coefficient (Wildman–Crippen LogP) is 2.22. The number of nitrogens with zero attached hydrogens (tertiary/aromatic N) is 5. The van der Waals surface area contributed by atoms with Crippen LogP contribution in [-0.2, 0) is 17.2 Å². The van der Waals surface area contributed by atoms with Crippen molar-refractivity contribution in [1.82, 2.24) is 20.0 Å². The normalized spacial score (nSPS) is 12.0. The monoisotopic (exact) mass is 305 g/mol. The van der Waals surface area contributed by atoms with Crippen LogP contribution in [0.25, 0.3) is 0 Å². The number of azo groups is 1. The van der Waals surface area contributed by atoms with Crippen molar-refractivity contribution in [3.8, 4) is 0 Å². The summed E-state index contributed by atoms with van der Waals surface area (Å²) >= 11 is 0. The van der Waals surface area contributed by atoms with Gasteiger partial charge in [-0.25, -0.2) is 9.48 Å². The topological polar surface area (TPSA) is 124 Å². The number of nitrogens with one attached hydrogen (secondary N) is 1. The van der Waals surface area contributed by atoms with E-state index in [1.54, 1.807) is 7.05 Å². The summed E-state index contributed by atoms with van der Waals surface area (Å²) in [5, 5.41) is 19.1. The first kappa shape index (κ1) is 15.7. The van der Waals surface area contributed by atoms with E-state index >= 15 is 0 Å². The molecule has 2 aromatic heterocycles. The number of carbonyl (C=O) groups is 1. The van der Waals surface area contributed by atoms with Crippen LogP contribution in [0.1, 0.15) is 36.8 Å². The van der Waals surface area contributed by atoms with Gasteiger partial charge < -0.3 is 10.5 Å². The van der Waals surface area contributed by atoms with Gasteiger partial charge >= 0.3 is 5.97 Å². The van der Waals surface area contributed by atoms with Gasteiger partial charge in [0.15, 0.2) is 11.5 Å². The Morgan fingerprint density at radius 1 is 1.41 bits per heavy atom. The minimum Gasteiger partial charge on any atom is -0.465 e. The fourth-order valence-electron chi connectivity index (χ4n) is 1.87. The highest BCUT2D eigenvalue weighted by Gasteiger charge is 2.24. The molecule has 9 heteroatoms. The summed E-state index contributed by atoms with van der Waals surface area (Å²) in [5.74, 6) is 0.0704. The summed E-state index contributed by atoms with van der Waals surface area (Å²) in [6.45, 7) is 5.97. The van der Waals surface area contributed by atoms with Gasteiger partial charge in [0.1, 0.15) is 11.4 Å². The van der Waals surface area contributed by atoms with Crippen LogP contribution < -0.4 is 5.73 Å². The Morgan fingerprint density at radius 2 is 2.09 bits per heavy atom. The second-order valence-corrected chi connectivity index (χ2v) is 5.78. The number of rotatable bonds is 3. The number of aromatic nitrogens is 4. The molecule has 0 aliphatic heterocycles. The van der Waals surface area contributed by atoms with Gasteiger partial charge in [-0.2, -0.15) is 10.2 Å². The van der Waals surface area contributed by atoms with Crippen molar-refractivity contribution in [2.75, 3.05) is 12.8 Å². The molecule has 0 amide bonds. The molecule has 118 valence electrons. The Kier molecular flexibility index (Phi) is 3.98. The van der Waals surface area contributed by atoms with Crippen LogP contribution in [0.5, 0.6) is 0 Å². The molecular formula is C13H19N7O2. The van der Waals surface area contributed by atoms with E-state index in [0.29, 0.717) is 17.2 Å². The molecule has 0 saturated heterocycles. The average molecular weight is 305 g/mol. The summed E-state index contributed by atoms with van der Waals surface area (Å²) in [7, 11) is 2.95. The zero-order chi connectivity index (χ0) is 16.5. The fourth-order valence-corrected chi connectivity index (χ4v) is 1.87. The molecule has 2 rings (SSSR count). The lowest BCUT2D eigenvalue weighted by molar-refractivity contribution is 0.0601. The third-order valence-electron chi connectivity index (χ3n) is 3.04. The number of ether oxygens (including phenoxy) is 1. The van der Waals surface area contributed by atoms with Gasteiger partial charge in [-0.1, -0.05) is 20.8 Å². The molecule has 0 bridgehead atoms. The Balaban J connectivity index is 2.45. The zero-order valence-electron chi connectivity index (χ0n) is 13.2. The Morgan fingerprint density at radius 3 is 2.68 bits per heavy atom. The number of H-pyrrole nitrogens is 1. The van der Waals surface area contributed by atoms with Gasteiger partial charge in [-0.15, -0.1) is 10.2 Å². The maximum absolute atomic E-state index is 11.7. The van der Waals surface area contributed by atoms with Crippen LogP contribution in [0.2, 0.25) is 0 Å². The predicted molar refractivity (Wildman–Crippen MR) is 80.4 cm³/mol. The maximum atomic E-state index is 11.7. The van der Waals surface area contributed by atoms with Crippen LogP contribution in [0, 0.1) is 0 Å². The number of nitrogens with two attached hydrogens (primary N) is 1. The molecule has 9 nitrogen and oxygen atoms in total. The van der Waals surface area contributed by atoms with Crippen LogP contribution in [0.3, 0.4) is 0 Å². The van der Waals surface area contributed by atoms with E-state index in [-0.39, 0.29) is 16.8 Å². The van der Waals surface area contributed by atoms with E-state index in [1.807, 2.05) is 20.8 Å². The number of hydrogen-bond acceptors (Lipinski definition) is 7. The number of anilines is 1. The summed E-state index contributed by atoms with van der Waals surface area (Å²) in [6, 6.07) is 0. The minimum absolute atomic E-state index is 0.230. The highest BCUT2D eigenvalue weighted by molar-refractivity contribution is 5.93. The molecule has 0 saturated carbocycles. The van der Waals surface area contributed by atoms with E-state index in [1.165, 1.54) is 18.0 Å². The van der Waals surface area contributed by atoms with Crippen LogP contribution in [0.4, 0.5) is 17.3 Å². The molecule has 0 aliphatic rings. The highest BCUT2D eigenvalue weighted by atomic mass is 16.5. The quantitative estimate of drug-likeness (QED) is 0.664. The fraction of sp³-hybridized carbons (Fsp3) is 0.462. The molecule has 0 radical (unpaired) electrons. The third-order valence-corrected chi connectivity index (χ3v) is 3.04. The molecule has 2 aromatic rings. The number of methoxy groups -OCH3 is 1. The number of esters is 1. The molecule has 0 atom stereocenters. The number of carbonyl (C=O) groups excluding carboxylic acids is 1.